The van der Waals surface area contributed by atoms with Crippen LogP contribution in [0.2, 0.25) is 0 Å². The zero-order valence-electron chi connectivity index (χ0n) is 17.0. The molecule has 4 heteroatoms. The summed E-state index contributed by atoms with van der Waals surface area (Å²) in [5, 5.41) is 14.7. The van der Waals surface area contributed by atoms with Crippen LogP contribution in [-0.2, 0) is 10.4 Å². The molecule has 3 aliphatic rings. The average molecular weight is 391 g/mol. The Morgan fingerprint density at radius 3 is 2.17 bits per heavy atom. The molecule has 1 saturated heterocycles. The summed E-state index contributed by atoms with van der Waals surface area (Å²) in [6.45, 7) is 4.29. The molecule has 0 aromatic heterocycles. The Morgan fingerprint density at radius 1 is 1.03 bits per heavy atom. The summed E-state index contributed by atoms with van der Waals surface area (Å²) < 4.78 is 0. The van der Waals surface area contributed by atoms with Crippen molar-refractivity contribution in [2.75, 3.05) is 13.1 Å². The van der Waals surface area contributed by atoms with Crippen molar-refractivity contribution in [3.05, 3.63) is 71.8 Å². The van der Waals surface area contributed by atoms with Crippen molar-refractivity contribution in [2.24, 2.45) is 17.8 Å². The number of aliphatic hydroxyl groups is 1. The van der Waals surface area contributed by atoms with Crippen molar-refractivity contribution in [2.45, 2.75) is 43.9 Å². The van der Waals surface area contributed by atoms with E-state index in [1.54, 1.807) is 0 Å². The van der Waals surface area contributed by atoms with E-state index in [1.165, 1.54) is 5.56 Å². The second-order valence-corrected chi connectivity index (χ2v) is 9.13. The Balaban J connectivity index is 1.24. The van der Waals surface area contributed by atoms with Crippen LogP contribution in [0.25, 0.3) is 0 Å². The van der Waals surface area contributed by atoms with Gasteiger partial charge in [0.15, 0.2) is 5.60 Å². The maximum absolute atomic E-state index is 13.2. The third-order valence-electron chi connectivity index (χ3n) is 7.61. The molecule has 3 unspecified atom stereocenters. The van der Waals surface area contributed by atoms with Gasteiger partial charge in [0.05, 0.1) is 0 Å². The van der Waals surface area contributed by atoms with Crippen LogP contribution in [0.1, 0.15) is 43.4 Å². The van der Waals surface area contributed by atoms with Gasteiger partial charge >= 0.3 is 0 Å². The van der Waals surface area contributed by atoms with Crippen LogP contribution in [0.15, 0.2) is 60.7 Å². The van der Waals surface area contributed by atoms with Crippen LogP contribution < -0.4 is 5.32 Å². The van der Waals surface area contributed by atoms with Gasteiger partial charge in [0.1, 0.15) is 0 Å². The lowest BCUT2D eigenvalue weighted by Crippen LogP contribution is -2.53. The van der Waals surface area contributed by atoms with Gasteiger partial charge in [-0.05, 0) is 42.7 Å². The normalized spacial score (nSPS) is 29.4. The highest BCUT2D eigenvalue weighted by atomic mass is 16.3. The number of fused-ring (bicyclic) bond motifs is 1. The molecule has 2 N–H and O–H groups in total. The van der Waals surface area contributed by atoms with Gasteiger partial charge in [-0.2, -0.15) is 0 Å². The number of nitrogens with zero attached hydrogens (tertiary/aromatic N) is 1. The fraction of sp³-hybridized carbons (Fsp3) is 0.480. The summed E-state index contributed by atoms with van der Waals surface area (Å²) in [4.78, 5) is 15.8. The van der Waals surface area contributed by atoms with E-state index in [4.69, 9.17) is 0 Å². The summed E-state index contributed by atoms with van der Waals surface area (Å²) in [6, 6.07) is 20.7. The molecule has 2 aliphatic carbocycles. The van der Waals surface area contributed by atoms with Gasteiger partial charge in [-0.15, -0.1) is 0 Å². The SMILES string of the molecule is CC(c1ccccc1)N1CC2[C@H](C1)[C@H]2NC(=O)C(O)(c1ccccc1)C1CCC1. The smallest absolute Gasteiger partial charge is 0.257 e. The van der Waals surface area contributed by atoms with Gasteiger partial charge < -0.3 is 10.4 Å². The van der Waals surface area contributed by atoms with Crippen molar-refractivity contribution >= 4 is 5.91 Å². The summed E-state index contributed by atoms with van der Waals surface area (Å²) >= 11 is 0. The van der Waals surface area contributed by atoms with Crippen molar-refractivity contribution < 1.29 is 9.90 Å². The maximum Gasteiger partial charge on any atom is 0.257 e. The molecule has 0 radical (unpaired) electrons. The largest absolute Gasteiger partial charge is 0.375 e. The highest BCUT2D eigenvalue weighted by molar-refractivity contribution is 5.87. The molecule has 0 bridgehead atoms. The number of carbonyl (C=O) groups excluding carboxylic acids is 1. The summed E-state index contributed by atoms with van der Waals surface area (Å²) in [7, 11) is 0. The number of rotatable bonds is 6. The first-order chi connectivity index (χ1) is 14.1. The molecule has 5 rings (SSSR count). The molecule has 2 saturated carbocycles. The highest BCUT2D eigenvalue weighted by Crippen LogP contribution is 2.49. The van der Waals surface area contributed by atoms with E-state index >= 15 is 0 Å². The van der Waals surface area contributed by atoms with Crippen LogP contribution in [-0.4, -0.2) is 35.0 Å². The van der Waals surface area contributed by atoms with Gasteiger partial charge in [-0.25, -0.2) is 0 Å². The van der Waals surface area contributed by atoms with Crippen molar-refractivity contribution in [3.63, 3.8) is 0 Å². The predicted molar refractivity (Wildman–Crippen MR) is 113 cm³/mol. The molecule has 152 valence electrons. The first kappa shape index (κ1) is 18.8. The molecule has 2 aromatic carbocycles. The van der Waals surface area contributed by atoms with Crippen molar-refractivity contribution in [1.29, 1.82) is 0 Å². The van der Waals surface area contributed by atoms with Crippen molar-refractivity contribution in [1.82, 2.24) is 10.2 Å². The zero-order valence-corrected chi connectivity index (χ0v) is 17.0. The third-order valence-corrected chi connectivity index (χ3v) is 7.61. The van der Waals surface area contributed by atoms with E-state index in [1.807, 2.05) is 30.3 Å². The van der Waals surface area contributed by atoms with E-state index in [2.05, 4.69) is 47.5 Å². The second-order valence-electron chi connectivity index (χ2n) is 9.13. The molecule has 1 heterocycles. The Hall–Kier alpha value is -2.17. The molecular weight excluding hydrogens is 360 g/mol. The molecule has 2 aromatic rings. The number of carbonyl (C=O) groups is 1. The standard InChI is InChI=1S/C25H30N2O2/c1-17(18-9-4-2-5-10-18)27-15-21-22(16-27)23(21)26-24(28)25(29,20-13-8-14-20)19-11-6-3-7-12-19/h2-7,9-12,17,20-23,29H,8,13-16H2,1H3,(H,26,28)/t17?,21-,22?,23+,25?/m0/s1. The number of nitrogens with one attached hydrogen (secondary N) is 1. The third kappa shape index (κ3) is 3.19. The van der Waals surface area contributed by atoms with E-state index in [9.17, 15) is 9.90 Å². The molecule has 4 nitrogen and oxygen atoms in total. The fourth-order valence-electron chi connectivity index (χ4n) is 5.36. The lowest BCUT2D eigenvalue weighted by Gasteiger charge is -2.40. The Morgan fingerprint density at radius 2 is 1.62 bits per heavy atom. The van der Waals surface area contributed by atoms with Crippen LogP contribution in [0.5, 0.6) is 0 Å². The molecule has 1 amide bonds. The van der Waals surface area contributed by atoms with Crippen LogP contribution in [0.4, 0.5) is 0 Å². The minimum absolute atomic E-state index is 0.0260. The minimum Gasteiger partial charge on any atom is -0.375 e. The van der Waals surface area contributed by atoms with E-state index in [-0.39, 0.29) is 17.9 Å². The number of likely N-dealkylation sites (tertiary alicyclic amines) is 1. The van der Waals surface area contributed by atoms with E-state index < -0.39 is 5.60 Å². The molecule has 0 spiro atoms. The predicted octanol–water partition coefficient (Wildman–Crippen LogP) is 3.48. The quantitative estimate of drug-likeness (QED) is 0.794. The highest BCUT2D eigenvalue weighted by Gasteiger charge is 2.59. The fourth-order valence-corrected chi connectivity index (χ4v) is 5.36. The van der Waals surface area contributed by atoms with Gasteiger partial charge in [-0.3, -0.25) is 9.69 Å². The van der Waals surface area contributed by atoms with Gasteiger partial charge in [-0.1, -0.05) is 67.1 Å². The number of hydrogen-bond acceptors (Lipinski definition) is 3. The monoisotopic (exact) mass is 390 g/mol. The van der Waals surface area contributed by atoms with Gasteiger partial charge in [0.2, 0.25) is 0 Å². The minimum atomic E-state index is -1.40. The van der Waals surface area contributed by atoms with Gasteiger partial charge in [0.25, 0.3) is 5.91 Å². The summed E-state index contributed by atoms with van der Waals surface area (Å²) in [5.74, 6) is 0.839. The van der Waals surface area contributed by atoms with Crippen LogP contribution in [0, 0.1) is 17.8 Å². The number of piperidine rings is 1. The van der Waals surface area contributed by atoms with Crippen LogP contribution in [0.3, 0.4) is 0 Å². The zero-order chi connectivity index (χ0) is 20.0. The Bertz CT molecular complexity index is 855. The number of hydrogen-bond donors (Lipinski definition) is 2. The lowest BCUT2D eigenvalue weighted by atomic mass is 9.69. The molecule has 29 heavy (non-hydrogen) atoms. The number of benzene rings is 2. The molecule has 1 aliphatic heterocycles. The first-order valence-electron chi connectivity index (χ1n) is 11.0. The second kappa shape index (κ2) is 7.26. The van der Waals surface area contributed by atoms with Crippen molar-refractivity contribution in [3.8, 4) is 0 Å². The Labute approximate surface area is 172 Å². The average Bonchev–Trinajstić information content (AvgIpc) is 3.15. The molecule has 5 atom stereocenters. The summed E-state index contributed by atoms with van der Waals surface area (Å²) in [6.07, 6.45) is 2.92. The molecular formula is C25H30N2O2. The lowest BCUT2D eigenvalue weighted by molar-refractivity contribution is -0.152. The maximum atomic E-state index is 13.2. The van der Waals surface area contributed by atoms with E-state index in [0.29, 0.717) is 17.9 Å². The van der Waals surface area contributed by atoms with Gasteiger partial charge in [0, 0.05) is 31.1 Å². The van der Waals surface area contributed by atoms with Crippen LogP contribution >= 0.6 is 0 Å². The molecule has 3 fully saturated rings. The summed E-state index contributed by atoms with van der Waals surface area (Å²) in [5.41, 5.74) is 0.679. The first-order valence-corrected chi connectivity index (χ1v) is 11.0. The van der Waals surface area contributed by atoms with E-state index in [0.717, 1.165) is 37.9 Å². The Kier molecular flexibility index (Phi) is 4.72. The number of amides is 1. The topological polar surface area (TPSA) is 52.6 Å².